The number of phenolic OH excluding ortho intramolecular Hbond substituents is 1. The van der Waals surface area contributed by atoms with Gasteiger partial charge in [0.05, 0.1) is 33.8 Å². The van der Waals surface area contributed by atoms with E-state index in [0.29, 0.717) is 11.3 Å². The number of phenols is 1. The zero-order chi connectivity index (χ0) is 37.4. The Bertz CT molecular complexity index is 3030. The van der Waals surface area contributed by atoms with Gasteiger partial charge in [0.1, 0.15) is 5.75 Å². The summed E-state index contributed by atoms with van der Waals surface area (Å²) in [6.45, 7) is 0. The third-order valence-electron chi connectivity index (χ3n) is 10.5. The lowest BCUT2D eigenvalue weighted by Gasteiger charge is -2.13. The highest BCUT2D eigenvalue weighted by molar-refractivity contribution is 6.10. The van der Waals surface area contributed by atoms with Gasteiger partial charge in [-0.05, 0) is 95.1 Å². The zero-order valence-corrected chi connectivity index (χ0v) is 30.4. The molecule has 0 amide bonds. The Morgan fingerprint density at radius 2 is 0.839 bits per heavy atom. The van der Waals surface area contributed by atoms with Crippen LogP contribution in [0.5, 0.6) is 5.75 Å². The summed E-state index contributed by atoms with van der Waals surface area (Å²) in [5.41, 5.74) is 14.8. The molecule has 0 spiro atoms. The first-order chi connectivity index (χ1) is 27.7. The van der Waals surface area contributed by atoms with Crippen LogP contribution in [-0.4, -0.2) is 19.6 Å². The third kappa shape index (κ3) is 6.09. The van der Waals surface area contributed by atoms with Gasteiger partial charge in [-0.1, -0.05) is 133 Å². The molecule has 0 aliphatic rings. The average Bonchev–Trinajstić information content (AvgIpc) is 3.61. The number of hydrogen-bond donors (Lipinski definition) is 1. The van der Waals surface area contributed by atoms with Crippen molar-refractivity contribution in [2.45, 2.75) is 0 Å². The highest BCUT2D eigenvalue weighted by atomic mass is 16.3. The van der Waals surface area contributed by atoms with Crippen LogP contribution >= 0.6 is 0 Å². The van der Waals surface area contributed by atoms with E-state index in [1.165, 1.54) is 21.8 Å². The first-order valence-electron chi connectivity index (χ1n) is 18.8. The lowest BCUT2D eigenvalue weighted by Crippen LogP contribution is -1.94. The van der Waals surface area contributed by atoms with Crippen molar-refractivity contribution in [3.8, 4) is 78.7 Å². The predicted molar refractivity (Wildman–Crippen MR) is 231 cm³/mol. The number of pyridine rings is 2. The molecule has 4 heteroatoms. The summed E-state index contributed by atoms with van der Waals surface area (Å²) in [6.07, 6.45) is 0. The largest absolute Gasteiger partial charge is 0.507 e. The molecule has 4 nitrogen and oxygen atoms in total. The maximum Gasteiger partial charge on any atom is 0.124 e. The lowest BCUT2D eigenvalue weighted by molar-refractivity contribution is 0.477. The second kappa shape index (κ2) is 14.0. The van der Waals surface area contributed by atoms with E-state index in [1.807, 2.05) is 48.5 Å². The molecule has 10 rings (SSSR count). The SMILES string of the molecule is Oc1ccccc1-c1cc(-c2ccccc2)cc(-c2cccc(-c3cc(-c4ccc5c(c4)c4ccccc4n5-c4ccccc4)cc(-c4ccccc4)n3)c2)n1. The van der Waals surface area contributed by atoms with E-state index >= 15 is 0 Å². The van der Waals surface area contributed by atoms with Crippen LogP contribution in [-0.2, 0) is 0 Å². The quantitative estimate of drug-likeness (QED) is 0.179. The first kappa shape index (κ1) is 33.0. The Kier molecular flexibility index (Phi) is 8.27. The summed E-state index contributed by atoms with van der Waals surface area (Å²) in [5.74, 6) is 0.196. The molecule has 0 bridgehead atoms. The second-order valence-corrected chi connectivity index (χ2v) is 14.0. The zero-order valence-electron chi connectivity index (χ0n) is 30.4. The minimum Gasteiger partial charge on any atom is -0.507 e. The number of aromatic nitrogens is 3. The van der Waals surface area contributed by atoms with Crippen molar-refractivity contribution in [1.82, 2.24) is 14.5 Å². The van der Waals surface area contributed by atoms with E-state index in [2.05, 4.69) is 156 Å². The fourth-order valence-electron chi connectivity index (χ4n) is 7.75. The van der Waals surface area contributed by atoms with Gasteiger partial charge >= 0.3 is 0 Å². The van der Waals surface area contributed by atoms with Gasteiger partial charge in [0.2, 0.25) is 0 Å². The van der Waals surface area contributed by atoms with Crippen molar-refractivity contribution in [2.24, 2.45) is 0 Å². The van der Waals surface area contributed by atoms with Crippen molar-refractivity contribution < 1.29 is 5.11 Å². The smallest absolute Gasteiger partial charge is 0.124 e. The fraction of sp³-hybridized carbons (Fsp3) is 0. The Morgan fingerprint density at radius 1 is 0.321 bits per heavy atom. The third-order valence-corrected chi connectivity index (χ3v) is 10.5. The molecule has 0 fully saturated rings. The maximum atomic E-state index is 10.8. The molecule has 7 aromatic carbocycles. The van der Waals surface area contributed by atoms with Crippen LogP contribution in [0.3, 0.4) is 0 Å². The van der Waals surface area contributed by atoms with Gasteiger partial charge < -0.3 is 9.67 Å². The molecule has 3 heterocycles. The monoisotopic (exact) mass is 717 g/mol. The van der Waals surface area contributed by atoms with E-state index in [1.54, 1.807) is 6.07 Å². The molecule has 3 aromatic heterocycles. The molecule has 0 saturated carbocycles. The number of fused-ring (bicyclic) bond motifs is 3. The van der Waals surface area contributed by atoms with E-state index in [0.717, 1.165) is 61.7 Å². The molecule has 0 aliphatic carbocycles. The standard InChI is InChI=1S/C52H35N3O/c56-52-26-13-11-24-44(52)49-34-40(35-15-4-1-5-16-35)31-48(54-49)39-20-14-19-38(29-39)47-33-41(32-46(53-47)36-17-6-2-7-18-36)37-27-28-51-45(30-37)43-23-10-12-25-50(43)55(51)42-21-8-3-9-22-42/h1-34,56H. The van der Waals surface area contributed by atoms with Gasteiger partial charge in [0.25, 0.3) is 0 Å². The molecule has 56 heavy (non-hydrogen) atoms. The summed E-state index contributed by atoms with van der Waals surface area (Å²) in [5, 5.41) is 13.3. The van der Waals surface area contributed by atoms with E-state index in [-0.39, 0.29) is 5.75 Å². The molecule has 0 saturated heterocycles. The topological polar surface area (TPSA) is 50.9 Å². The minimum absolute atomic E-state index is 0.196. The Morgan fingerprint density at radius 3 is 1.55 bits per heavy atom. The van der Waals surface area contributed by atoms with Gasteiger partial charge in [-0.25, -0.2) is 9.97 Å². The molecule has 1 N–H and O–H groups in total. The van der Waals surface area contributed by atoms with E-state index < -0.39 is 0 Å². The molecular weight excluding hydrogens is 683 g/mol. The molecule has 0 aliphatic heterocycles. The Hall–Kier alpha value is -7.56. The lowest BCUT2D eigenvalue weighted by atomic mass is 9.96. The van der Waals surface area contributed by atoms with Gasteiger partial charge in [-0.15, -0.1) is 0 Å². The van der Waals surface area contributed by atoms with Crippen molar-refractivity contribution in [1.29, 1.82) is 0 Å². The summed E-state index contributed by atoms with van der Waals surface area (Å²) in [4.78, 5) is 10.4. The predicted octanol–water partition coefficient (Wildman–Crippen LogP) is 13.3. The van der Waals surface area contributed by atoms with Gasteiger partial charge in [0, 0.05) is 38.7 Å². The average molecular weight is 718 g/mol. The van der Waals surface area contributed by atoms with Crippen LogP contribution < -0.4 is 0 Å². The van der Waals surface area contributed by atoms with Gasteiger partial charge in [-0.3, -0.25) is 0 Å². The Labute approximate surface area is 325 Å². The number of para-hydroxylation sites is 3. The van der Waals surface area contributed by atoms with Crippen LogP contribution in [0.1, 0.15) is 0 Å². The molecule has 10 aromatic rings. The van der Waals surface area contributed by atoms with E-state index in [9.17, 15) is 5.11 Å². The number of benzene rings is 7. The summed E-state index contributed by atoms with van der Waals surface area (Å²) in [7, 11) is 0. The Balaban J connectivity index is 1.13. The van der Waals surface area contributed by atoms with Crippen LogP contribution in [0, 0.1) is 0 Å². The van der Waals surface area contributed by atoms with Crippen LogP contribution in [0.4, 0.5) is 0 Å². The molecule has 0 radical (unpaired) electrons. The fourth-order valence-corrected chi connectivity index (χ4v) is 7.75. The summed E-state index contributed by atoms with van der Waals surface area (Å²) in [6, 6.07) is 71.0. The van der Waals surface area contributed by atoms with Gasteiger partial charge in [-0.2, -0.15) is 0 Å². The van der Waals surface area contributed by atoms with Crippen molar-refractivity contribution in [2.75, 3.05) is 0 Å². The maximum absolute atomic E-state index is 10.8. The second-order valence-electron chi connectivity index (χ2n) is 14.0. The molecule has 0 unspecified atom stereocenters. The first-order valence-corrected chi connectivity index (χ1v) is 18.8. The minimum atomic E-state index is 0.196. The van der Waals surface area contributed by atoms with Gasteiger partial charge in [0.15, 0.2) is 0 Å². The van der Waals surface area contributed by atoms with Crippen LogP contribution in [0.25, 0.3) is 94.8 Å². The van der Waals surface area contributed by atoms with Crippen molar-refractivity contribution in [3.05, 3.63) is 206 Å². The number of aromatic hydroxyl groups is 1. The highest BCUT2D eigenvalue weighted by Gasteiger charge is 2.16. The number of hydrogen-bond acceptors (Lipinski definition) is 3. The summed E-state index contributed by atoms with van der Waals surface area (Å²) < 4.78 is 2.35. The van der Waals surface area contributed by atoms with Crippen molar-refractivity contribution in [3.63, 3.8) is 0 Å². The number of rotatable bonds is 7. The highest BCUT2D eigenvalue weighted by Crippen LogP contribution is 2.38. The molecular formula is C52H35N3O. The molecule has 264 valence electrons. The molecule has 0 atom stereocenters. The number of nitrogens with zero attached hydrogens (tertiary/aromatic N) is 3. The van der Waals surface area contributed by atoms with Crippen LogP contribution in [0.2, 0.25) is 0 Å². The van der Waals surface area contributed by atoms with E-state index in [4.69, 9.17) is 9.97 Å². The van der Waals surface area contributed by atoms with Crippen molar-refractivity contribution >= 4 is 21.8 Å². The summed E-state index contributed by atoms with van der Waals surface area (Å²) >= 11 is 0. The van der Waals surface area contributed by atoms with Crippen LogP contribution in [0.15, 0.2) is 206 Å². The normalized spacial score (nSPS) is 11.3.